The Morgan fingerprint density at radius 2 is 2.00 bits per heavy atom. The second-order valence-corrected chi connectivity index (χ2v) is 4.99. The average molecular weight is 249 g/mol. The van der Waals surface area contributed by atoms with Crippen LogP contribution in [-0.4, -0.2) is 17.4 Å². The Morgan fingerprint density at radius 1 is 1.39 bits per heavy atom. The Bertz CT molecular complexity index is 476. The Hall–Kier alpha value is -1.88. The SMILES string of the molecule is CC(C)(C)OC(=O)c1cc(C(=N)N)ccc1CN. The van der Waals surface area contributed by atoms with Gasteiger partial charge in [-0.3, -0.25) is 5.41 Å². The van der Waals surface area contributed by atoms with E-state index in [1.54, 1.807) is 39.0 Å². The number of hydrogen-bond donors (Lipinski definition) is 3. The molecule has 5 N–H and O–H groups in total. The number of ether oxygens (including phenoxy) is 1. The summed E-state index contributed by atoms with van der Waals surface area (Å²) in [4.78, 5) is 12.0. The van der Waals surface area contributed by atoms with Crippen LogP contribution < -0.4 is 11.5 Å². The minimum absolute atomic E-state index is 0.0941. The second-order valence-electron chi connectivity index (χ2n) is 4.99. The summed E-state index contributed by atoms with van der Waals surface area (Å²) in [5.74, 6) is -0.547. The van der Waals surface area contributed by atoms with Crippen molar-refractivity contribution in [1.82, 2.24) is 0 Å². The zero-order valence-corrected chi connectivity index (χ0v) is 10.9. The molecular formula is C13H19N3O2. The van der Waals surface area contributed by atoms with Crippen molar-refractivity contribution in [3.05, 3.63) is 34.9 Å². The lowest BCUT2D eigenvalue weighted by Crippen LogP contribution is -2.25. The van der Waals surface area contributed by atoms with Crippen LogP contribution in [0.25, 0.3) is 0 Å². The minimum atomic E-state index is -0.574. The van der Waals surface area contributed by atoms with E-state index in [4.69, 9.17) is 21.6 Å². The summed E-state index contributed by atoms with van der Waals surface area (Å²) in [5, 5.41) is 7.37. The fraction of sp³-hybridized carbons (Fsp3) is 0.385. The van der Waals surface area contributed by atoms with Crippen molar-refractivity contribution in [2.75, 3.05) is 0 Å². The first-order chi connectivity index (χ1) is 8.24. The second kappa shape index (κ2) is 5.18. The maximum absolute atomic E-state index is 12.0. The van der Waals surface area contributed by atoms with Gasteiger partial charge in [0.15, 0.2) is 0 Å². The molecule has 0 saturated carbocycles. The standard InChI is InChI=1S/C13H19N3O2/c1-13(2,3)18-12(17)10-6-8(11(15)16)4-5-9(10)7-14/h4-6H,7,14H2,1-3H3,(H3,15,16). The van der Waals surface area contributed by atoms with Crippen molar-refractivity contribution < 1.29 is 9.53 Å². The van der Waals surface area contributed by atoms with Crippen LogP contribution >= 0.6 is 0 Å². The number of nitrogen functional groups attached to an aromatic ring is 1. The molecule has 1 aromatic rings. The number of benzene rings is 1. The molecule has 0 aliphatic carbocycles. The number of esters is 1. The number of carbonyl (C=O) groups is 1. The highest BCUT2D eigenvalue weighted by molar-refractivity contribution is 5.99. The highest BCUT2D eigenvalue weighted by Gasteiger charge is 2.20. The normalized spacial score (nSPS) is 11.1. The van der Waals surface area contributed by atoms with Crippen molar-refractivity contribution in [2.45, 2.75) is 32.9 Å². The molecule has 0 atom stereocenters. The molecule has 0 aromatic heterocycles. The predicted octanol–water partition coefficient (Wildman–Crippen LogP) is 1.38. The first-order valence-corrected chi connectivity index (χ1v) is 5.65. The number of rotatable bonds is 3. The van der Waals surface area contributed by atoms with Gasteiger partial charge in [-0.2, -0.15) is 0 Å². The molecule has 0 aliphatic rings. The molecule has 0 radical (unpaired) electrons. The molecule has 5 nitrogen and oxygen atoms in total. The van der Waals surface area contributed by atoms with Gasteiger partial charge in [0.05, 0.1) is 5.56 Å². The third kappa shape index (κ3) is 3.56. The number of amidine groups is 1. The molecule has 18 heavy (non-hydrogen) atoms. The summed E-state index contributed by atoms with van der Waals surface area (Å²) in [7, 11) is 0. The third-order valence-corrected chi connectivity index (χ3v) is 2.26. The van der Waals surface area contributed by atoms with Gasteiger partial charge in [0.2, 0.25) is 0 Å². The maximum Gasteiger partial charge on any atom is 0.338 e. The molecule has 0 fully saturated rings. The van der Waals surface area contributed by atoms with Crippen LogP contribution in [-0.2, 0) is 11.3 Å². The average Bonchev–Trinajstić information content (AvgIpc) is 2.25. The van der Waals surface area contributed by atoms with Gasteiger partial charge in [-0.05, 0) is 32.4 Å². The van der Waals surface area contributed by atoms with Crippen LogP contribution in [0.4, 0.5) is 0 Å². The molecule has 0 spiro atoms. The summed E-state index contributed by atoms with van der Waals surface area (Å²) in [5.41, 5.74) is 11.9. The number of nitrogens with one attached hydrogen (secondary N) is 1. The van der Waals surface area contributed by atoms with Crippen molar-refractivity contribution in [2.24, 2.45) is 11.5 Å². The topological polar surface area (TPSA) is 102 Å². The van der Waals surface area contributed by atoms with E-state index in [0.29, 0.717) is 16.7 Å². The van der Waals surface area contributed by atoms with E-state index in [-0.39, 0.29) is 12.4 Å². The number of carbonyl (C=O) groups excluding carboxylic acids is 1. The quantitative estimate of drug-likeness (QED) is 0.428. The Labute approximate surface area is 107 Å². The zero-order chi connectivity index (χ0) is 13.9. The molecule has 1 aromatic carbocycles. The van der Waals surface area contributed by atoms with Crippen molar-refractivity contribution in [3.63, 3.8) is 0 Å². The molecule has 5 heteroatoms. The van der Waals surface area contributed by atoms with Crippen LogP contribution in [0.15, 0.2) is 18.2 Å². The van der Waals surface area contributed by atoms with E-state index < -0.39 is 11.6 Å². The molecule has 1 rings (SSSR count). The van der Waals surface area contributed by atoms with Crippen LogP contribution in [0.5, 0.6) is 0 Å². The number of nitrogens with two attached hydrogens (primary N) is 2. The highest BCUT2D eigenvalue weighted by Crippen LogP contribution is 2.17. The monoisotopic (exact) mass is 249 g/mol. The summed E-state index contributed by atoms with van der Waals surface area (Å²) in [6.07, 6.45) is 0. The van der Waals surface area contributed by atoms with E-state index in [2.05, 4.69) is 0 Å². The molecule has 0 amide bonds. The van der Waals surface area contributed by atoms with Gasteiger partial charge in [-0.15, -0.1) is 0 Å². The lowest BCUT2D eigenvalue weighted by Gasteiger charge is -2.20. The van der Waals surface area contributed by atoms with Crippen LogP contribution in [0.1, 0.15) is 42.3 Å². The summed E-state index contributed by atoms with van der Waals surface area (Å²) in [6, 6.07) is 4.90. The largest absolute Gasteiger partial charge is 0.456 e. The predicted molar refractivity (Wildman–Crippen MR) is 70.5 cm³/mol. The fourth-order valence-electron chi connectivity index (χ4n) is 1.45. The lowest BCUT2D eigenvalue weighted by atomic mass is 10.0. The number of hydrogen-bond acceptors (Lipinski definition) is 4. The van der Waals surface area contributed by atoms with E-state index in [9.17, 15) is 4.79 Å². The Balaban J connectivity index is 3.16. The summed E-state index contributed by atoms with van der Waals surface area (Å²) >= 11 is 0. The Kier molecular flexibility index (Phi) is 4.08. The first kappa shape index (κ1) is 14.2. The fourth-order valence-corrected chi connectivity index (χ4v) is 1.45. The van der Waals surface area contributed by atoms with E-state index in [1.165, 1.54) is 0 Å². The molecule has 0 saturated heterocycles. The van der Waals surface area contributed by atoms with Crippen molar-refractivity contribution in [1.29, 1.82) is 5.41 Å². The van der Waals surface area contributed by atoms with E-state index in [0.717, 1.165) is 0 Å². The Morgan fingerprint density at radius 3 is 2.44 bits per heavy atom. The van der Waals surface area contributed by atoms with Gasteiger partial charge in [0.1, 0.15) is 11.4 Å². The molecule has 0 aliphatic heterocycles. The third-order valence-electron chi connectivity index (χ3n) is 2.26. The van der Waals surface area contributed by atoms with Crippen molar-refractivity contribution >= 4 is 11.8 Å². The van der Waals surface area contributed by atoms with E-state index in [1.807, 2.05) is 0 Å². The van der Waals surface area contributed by atoms with Gasteiger partial charge in [-0.1, -0.05) is 12.1 Å². The van der Waals surface area contributed by atoms with Gasteiger partial charge in [0.25, 0.3) is 0 Å². The van der Waals surface area contributed by atoms with Gasteiger partial charge < -0.3 is 16.2 Å². The zero-order valence-electron chi connectivity index (χ0n) is 10.9. The van der Waals surface area contributed by atoms with Crippen molar-refractivity contribution in [3.8, 4) is 0 Å². The van der Waals surface area contributed by atoms with Gasteiger partial charge >= 0.3 is 5.97 Å². The summed E-state index contributed by atoms with van der Waals surface area (Å²) in [6.45, 7) is 5.61. The highest BCUT2D eigenvalue weighted by atomic mass is 16.6. The molecule has 0 unspecified atom stereocenters. The first-order valence-electron chi connectivity index (χ1n) is 5.65. The van der Waals surface area contributed by atoms with Gasteiger partial charge in [-0.25, -0.2) is 4.79 Å². The molecule has 98 valence electrons. The van der Waals surface area contributed by atoms with Gasteiger partial charge in [0, 0.05) is 12.1 Å². The maximum atomic E-state index is 12.0. The molecular weight excluding hydrogens is 230 g/mol. The summed E-state index contributed by atoms with van der Waals surface area (Å²) < 4.78 is 5.30. The van der Waals surface area contributed by atoms with Crippen LogP contribution in [0.2, 0.25) is 0 Å². The van der Waals surface area contributed by atoms with E-state index >= 15 is 0 Å². The smallest absolute Gasteiger partial charge is 0.338 e. The minimum Gasteiger partial charge on any atom is -0.456 e. The molecule has 0 bridgehead atoms. The van der Waals surface area contributed by atoms with Crippen LogP contribution in [0.3, 0.4) is 0 Å². The van der Waals surface area contributed by atoms with Crippen LogP contribution in [0, 0.1) is 5.41 Å². The molecule has 0 heterocycles. The lowest BCUT2D eigenvalue weighted by molar-refractivity contribution is 0.00683.